The maximum atomic E-state index is 12.8. The molecule has 1 amide bonds. The Morgan fingerprint density at radius 1 is 0.800 bits per heavy atom. The fraction of sp³-hybridized carbons (Fsp3) is 0.190. The Kier molecular flexibility index (Phi) is 4.33. The lowest BCUT2D eigenvalue weighted by Gasteiger charge is -2.36. The monoisotopic (exact) mass is 350 g/mol. The Morgan fingerprint density at radius 2 is 1.48 bits per heavy atom. The third-order valence-electron chi connectivity index (χ3n) is 4.76. The first kappa shape index (κ1) is 16.0. The summed E-state index contributed by atoms with van der Waals surface area (Å²) < 4.78 is 0. The van der Waals surface area contributed by atoms with Crippen molar-refractivity contribution in [2.24, 2.45) is 0 Å². The molecule has 1 aliphatic rings. The molecule has 1 heterocycles. The zero-order valence-corrected chi connectivity index (χ0v) is 14.6. The van der Waals surface area contributed by atoms with Crippen molar-refractivity contribution >= 4 is 34.0 Å². The number of carbonyl (C=O) groups is 1. The summed E-state index contributed by atoms with van der Waals surface area (Å²) in [6.45, 7) is 3.13. The summed E-state index contributed by atoms with van der Waals surface area (Å²) in [6.07, 6.45) is 0. The summed E-state index contributed by atoms with van der Waals surface area (Å²) in [4.78, 5) is 17.1. The molecule has 0 N–H and O–H groups in total. The van der Waals surface area contributed by atoms with Gasteiger partial charge in [-0.2, -0.15) is 0 Å². The third-order valence-corrected chi connectivity index (χ3v) is 5.01. The van der Waals surface area contributed by atoms with E-state index in [1.165, 1.54) is 0 Å². The minimum absolute atomic E-state index is 0.113. The fourth-order valence-corrected chi connectivity index (χ4v) is 3.45. The van der Waals surface area contributed by atoms with Crippen molar-refractivity contribution in [2.45, 2.75) is 0 Å². The van der Waals surface area contributed by atoms with Gasteiger partial charge < -0.3 is 9.80 Å². The first-order valence-corrected chi connectivity index (χ1v) is 8.87. The second kappa shape index (κ2) is 6.77. The SMILES string of the molecule is O=C(c1ccc2ccccc2c1)N1CCN(c2ccc(Cl)cc2)CC1. The highest BCUT2D eigenvalue weighted by Crippen LogP contribution is 2.21. The van der Waals surface area contributed by atoms with E-state index in [9.17, 15) is 4.79 Å². The van der Waals surface area contributed by atoms with Crippen LogP contribution in [-0.4, -0.2) is 37.0 Å². The number of piperazine rings is 1. The average Bonchev–Trinajstić information content (AvgIpc) is 2.68. The van der Waals surface area contributed by atoms with Crippen LogP contribution < -0.4 is 4.90 Å². The molecule has 126 valence electrons. The van der Waals surface area contributed by atoms with Crippen LogP contribution >= 0.6 is 11.6 Å². The lowest BCUT2D eigenvalue weighted by atomic mass is 10.1. The Hall–Kier alpha value is -2.52. The Bertz CT molecular complexity index is 899. The van der Waals surface area contributed by atoms with Gasteiger partial charge in [0.2, 0.25) is 0 Å². The smallest absolute Gasteiger partial charge is 0.253 e. The van der Waals surface area contributed by atoms with E-state index < -0.39 is 0 Å². The number of carbonyl (C=O) groups excluding carboxylic acids is 1. The summed E-state index contributed by atoms with van der Waals surface area (Å²) in [5.41, 5.74) is 1.92. The van der Waals surface area contributed by atoms with E-state index in [0.717, 1.165) is 53.2 Å². The summed E-state index contributed by atoms with van der Waals surface area (Å²) >= 11 is 5.95. The van der Waals surface area contributed by atoms with Crippen molar-refractivity contribution < 1.29 is 4.79 Å². The molecule has 0 spiro atoms. The van der Waals surface area contributed by atoms with Gasteiger partial charge in [0.05, 0.1) is 0 Å². The van der Waals surface area contributed by atoms with E-state index in [-0.39, 0.29) is 5.91 Å². The predicted molar refractivity (Wildman–Crippen MR) is 104 cm³/mol. The number of halogens is 1. The highest BCUT2D eigenvalue weighted by molar-refractivity contribution is 6.30. The Balaban J connectivity index is 1.46. The van der Waals surface area contributed by atoms with Crippen LogP contribution in [0.15, 0.2) is 66.7 Å². The van der Waals surface area contributed by atoms with Crippen LogP contribution in [0.4, 0.5) is 5.69 Å². The molecule has 4 heteroatoms. The van der Waals surface area contributed by atoms with E-state index in [0.29, 0.717) is 0 Å². The van der Waals surface area contributed by atoms with Crippen molar-refractivity contribution in [3.8, 4) is 0 Å². The number of rotatable bonds is 2. The van der Waals surface area contributed by atoms with Crippen LogP contribution in [0.5, 0.6) is 0 Å². The van der Waals surface area contributed by atoms with Gasteiger partial charge in [0.1, 0.15) is 0 Å². The Labute approximate surface area is 152 Å². The van der Waals surface area contributed by atoms with E-state index >= 15 is 0 Å². The largest absolute Gasteiger partial charge is 0.368 e. The van der Waals surface area contributed by atoms with Crippen molar-refractivity contribution in [3.05, 3.63) is 77.3 Å². The summed E-state index contributed by atoms with van der Waals surface area (Å²) in [6, 6.07) is 21.9. The molecule has 1 fully saturated rings. The van der Waals surface area contributed by atoms with Gasteiger partial charge in [-0.3, -0.25) is 4.79 Å². The van der Waals surface area contributed by atoms with Gasteiger partial charge in [0, 0.05) is 42.5 Å². The van der Waals surface area contributed by atoms with Crippen LogP contribution in [0.2, 0.25) is 5.02 Å². The lowest BCUT2D eigenvalue weighted by molar-refractivity contribution is 0.0747. The van der Waals surface area contributed by atoms with Gasteiger partial charge in [-0.1, -0.05) is 41.9 Å². The summed E-state index contributed by atoms with van der Waals surface area (Å²) in [5, 5.41) is 3.01. The zero-order chi connectivity index (χ0) is 17.2. The van der Waals surface area contributed by atoms with Crippen LogP contribution in [0.1, 0.15) is 10.4 Å². The number of nitrogens with zero attached hydrogens (tertiary/aromatic N) is 2. The molecule has 3 nitrogen and oxygen atoms in total. The van der Waals surface area contributed by atoms with Crippen LogP contribution in [0.3, 0.4) is 0 Å². The van der Waals surface area contributed by atoms with Gasteiger partial charge in [0.25, 0.3) is 5.91 Å². The van der Waals surface area contributed by atoms with Crippen LogP contribution in [0, 0.1) is 0 Å². The molecular formula is C21H19ClN2O. The molecule has 3 aromatic rings. The molecule has 4 rings (SSSR count). The van der Waals surface area contributed by atoms with Crippen LogP contribution in [0.25, 0.3) is 10.8 Å². The number of hydrogen-bond donors (Lipinski definition) is 0. The summed E-state index contributed by atoms with van der Waals surface area (Å²) in [5.74, 6) is 0.113. The van der Waals surface area contributed by atoms with Crippen molar-refractivity contribution in [2.75, 3.05) is 31.1 Å². The molecular weight excluding hydrogens is 332 g/mol. The highest BCUT2D eigenvalue weighted by Gasteiger charge is 2.22. The molecule has 1 aliphatic heterocycles. The second-order valence-electron chi connectivity index (χ2n) is 6.32. The molecule has 0 saturated carbocycles. The maximum absolute atomic E-state index is 12.8. The van der Waals surface area contributed by atoms with E-state index in [2.05, 4.69) is 11.0 Å². The lowest BCUT2D eigenvalue weighted by Crippen LogP contribution is -2.48. The molecule has 1 saturated heterocycles. The zero-order valence-electron chi connectivity index (χ0n) is 13.9. The molecule has 0 unspecified atom stereocenters. The number of benzene rings is 3. The van der Waals surface area contributed by atoms with Crippen molar-refractivity contribution in [3.63, 3.8) is 0 Å². The van der Waals surface area contributed by atoms with Crippen molar-refractivity contribution in [1.29, 1.82) is 0 Å². The van der Waals surface area contributed by atoms with Gasteiger partial charge in [-0.25, -0.2) is 0 Å². The average molecular weight is 351 g/mol. The van der Waals surface area contributed by atoms with Gasteiger partial charge in [0.15, 0.2) is 0 Å². The molecule has 3 aromatic carbocycles. The second-order valence-corrected chi connectivity index (χ2v) is 6.75. The maximum Gasteiger partial charge on any atom is 0.253 e. The topological polar surface area (TPSA) is 23.6 Å². The number of hydrogen-bond acceptors (Lipinski definition) is 2. The van der Waals surface area contributed by atoms with E-state index in [1.54, 1.807) is 0 Å². The predicted octanol–water partition coefficient (Wildman–Crippen LogP) is 4.46. The van der Waals surface area contributed by atoms with E-state index in [4.69, 9.17) is 11.6 Å². The minimum atomic E-state index is 0.113. The van der Waals surface area contributed by atoms with Gasteiger partial charge in [-0.05, 0) is 47.2 Å². The standard InChI is InChI=1S/C21H19ClN2O/c22-19-7-9-20(10-8-19)23-11-13-24(14-12-23)21(25)18-6-5-16-3-1-2-4-17(16)15-18/h1-10,15H,11-14H2. The quantitative estimate of drug-likeness (QED) is 0.681. The first-order valence-electron chi connectivity index (χ1n) is 8.49. The molecule has 0 bridgehead atoms. The van der Waals surface area contributed by atoms with Gasteiger partial charge in [-0.15, -0.1) is 0 Å². The molecule has 0 radical (unpaired) electrons. The van der Waals surface area contributed by atoms with Crippen molar-refractivity contribution in [1.82, 2.24) is 4.90 Å². The van der Waals surface area contributed by atoms with E-state index in [1.807, 2.05) is 65.6 Å². The number of fused-ring (bicyclic) bond motifs is 1. The molecule has 25 heavy (non-hydrogen) atoms. The first-order chi connectivity index (χ1) is 12.2. The molecule has 0 atom stereocenters. The van der Waals surface area contributed by atoms with Gasteiger partial charge >= 0.3 is 0 Å². The molecule has 0 aromatic heterocycles. The minimum Gasteiger partial charge on any atom is -0.368 e. The third kappa shape index (κ3) is 3.33. The Morgan fingerprint density at radius 3 is 2.20 bits per heavy atom. The number of anilines is 1. The fourth-order valence-electron chi connectivity index (χ4n) is 3.32. The normalized spacial score (nSPS) is 14.8. The number of amides is 1. The summed E-state index contributed by atoms with van der Waals surface area (Å²) in [7, 11) is 0. The highest BCUT2D eigenvalue weighted by atomic mass is 35.5. The van der Waals surface area contributed by atoms with Crippen LogP contribution in [-0.2, 0) is 0 Å². The molecule has 0 aliphatic carbocycles.